The van der Waals surface area contributed by atoms with Crippen LogP contribution in [-0.4, -0.2) is 69.8 Å². The summed E-state index contributed by atoms with van der Waals surface area (Å²) in [5.74, 6) is -1.46. The fourth-order valence-electron chi connectivity index (χ4n) is 7.30. The van der Waals surface area contributed by atoms with Crippen LogP contribution in [0.4, 0.5) is 19.3 Å². The Balaban J connectivity index is 1.33. The highest BCUT2D eigenvalue weighted by Gasteiger charge is 2.59. The van der Waals surface area contributed by atoms with Crippen LogP contribution in [0.2, 0.25) is 15.1 Å². The van der Waals surface area contributed by atoms with Gasteiger partial charge in [-0.25, -0.2) is 25.6 Å². The lowest BCUT2D eigenvalue weighted by Crippen LogP contribution is -2.71. The summed E-state index contributed by atoms with van der Waals surface area (Å²) in [7, 11) is -8.02. The van der Waals surface area contributed by atoms with Crippen molar-refractivity contribution in [3.8, 4) is 0 Å². The van der Waals surface area contributed by atoms with Crippen molar-refractivity contribution in [1.29, 1.82) is 0 Å². The SMILES string of the molecule is Cc1cc(Cl)cc2c1[N+](C1CCN(S(=O)(=O)c3ccc(F)c(Cl)c3)CC1)(C1CCN(S(=O)(=O)c3ccc(F)c(Cl)c3)CC1)C(=O)OC2. The maximum absolute atomic E-state index is 14.2. The average Bonchev–Trinajstić information content (AvgIpc) is 3.04. The van der Waals surface area contributed by atoms with Crippen molar-refractivity contribution in [2.24, 2.45) is 0 Å². The molecule has 3 aliphatic heterocycles. The number of cyclic esters (lactones) is 1. The fraction of sp³-hybridized carbons (Fsp3) is 0.387. The summed E-state index contributed by atoms with van der Waals surface area (Å²) in [5.41, 5.74) is 2.25. The van der Waals surface area contributed by atoms with Gasteiger partial charge in [0.2, 0.25) is 20.0 Å². The monoisotopic (exact) mass is 748 g/mol. The minimum atomic E-state index is -4.01. The van der Waals surface area contributed by atoms with E-state index in [9.17, 15) is 30.4 Å². The topological polar surface area (TPSA) is 101 Å². The summed E-state index contributed by atoms with van der Waals surface area (Å²) >= 11 is 18.2. The fourth-order valence-corrected chi connectivity index (χ4v) is 11.1. The molecule has 0 saturated carbocycles. The van der Waals surface area contributed by atoms with E-state index >= 15 is 0 Å². The molecule has 16 heteroatoms. The van der Waals surface area contributed by atoms with Crippen molar-refractivity contribution in [1.82, 2.24) is 13.1 Å². The van der Waals surface area contributed by atoms with E-state index in [4.69, 9.17) is 39.5 Å². The zero-order valence-corrected chi connectivity index (χ0v) is 29.0. The lowest BCUT2D eigenvalue weighted by molar-refractivity contribution is 0.0267. The number of ether oxygens (including phenoxy) is 1. The van der Waals surface area contributed by atoms with Gasteiger partial charge in [0, 0.05) is 62.4 Å². The van der Waals surface area contributed by atoms with Crippen LogP contribution in [-0.2, 0) is 31.4 Å². The number of piperidine rings is 2. The van der Waals surface area contributed by atoms with Gasteiger partial charge in [-0.3, -0.25) is 0 Å². The van der Waals surface area contributed by atoms with E-state index in [1.807, 2.05) is 6.92 Å². The molecule has 3 aromatic carbocycles. The Morgan fingerprint density at radius 2 is 1.19 bits per heavy atom. The van der Waals surface area contributed by atoms with Crippen LogP contribution in [0, 0.1) is 18.6 Å². The Kier molecular flexibility index (Phi) is 9.42. The van der Waals surface area contributed by atoms with E-state index in [1.54, 1.807) is 12.1 Å². The van der Waals surface area contributed by atoms with Gasteiger partial charge in [0.05, 0.1) is 25.4 Å². The first-order chi connectivity index (χ1) is 22.2. The van der Waals surface area contributed by atoms with Crippen molar-refractivity contribution in [2.45, 2.75) is 61.1 Å². The van der Waals surface area contributed by atoms with Crippen LogP contribution in [0.5, 0.6) is 0 Å². The minimum Gasteiger partial charge on any atom is -0.415 e. The van der Waals surface area contributed by atoms with Gasteiger partial charge in [-0.2, -0.15) is 17.9 Å². The number of quaternary nitrogens is 1. The van der Waals surface area contributed by atoms with Crippen LogP contribution in [0.3, 0.4) is 0 Å². The second-order valence-corrected chi connectivity index (χ2v) is 17.1. The number of hydrogen-bond donors (Lipinski definition) is 0. The van der Waals surface area contributed by atoms with Crippen LogP contribution >= 0.6 is 34.8 Å². The van der Waals surface area contributed by atoms with Crippen LogP contribution < -0.4 is 4.48 Å². The normalized spacial score (nSPS) is 20.2. The molecule has 2 fully saturated rings. The molecule has 3 heterocycles. The first-order valence-electron chi connectivity index (χ1n) is 14.9. The molecule has 47 heavy (non-hydrogen) atoms. The predicted octanol–water partition coefficient (Wildman–Crippen LogP) is 6.90. The van der Waals surface area contributed by atoms with Crippen molar-refractivity contribution in [3.05, 3.63) is 86.4 Å². The quantitative estimate of drug-likeness (QED) is 0.255. The molecule has 0 atom stereocenters. The number of aryl methyl sites for hydroxylation is 1. The molecular formula is C31H31Cl3F2N3O6S2+. The highest BCUT2D eigenvalue weighted by Crippen LogP contribution is 2.47. The molecule has 0 aliphatic carbocycles. The number of benzene rings is 3. The number of fused-ring (bicyclic) bond motifs is 1. The Bertz CT molecular complexity index is 1870. The van der Waals surface area contributed by atoms with Crippen LogP contribution in [0.15, 0.2) is 58.3 Å². The number of nitrogens with zero attached hydrogens (tertiary/aromatic N) is 3. The van der Waals surface area contributed by atoms with Gasteiger partial charge in [0.25, 0.3) is 0 Å². The van der Waals surface area contributed by atoms with Gasteiger partial charge in [-0.1, -0.05) is 34.8 Å². The number of carbonyl (C=O) groups excluding carboxylic acids is 1. The number of hydrogen-bond acceptors (Lipinski definition) is 6. The van der Waals surface area contributed by atoms with Crippen LogP contribution in [0.25, 0.3) is 0 Å². The summed E-state index contributed by atoms with van der Waals surface area (Å²) in [5, 5.41) is -0.124. The van der Waals surface area contributed by atoms with Gasteiger partial charge in [-0.05, 0) is 55.5 Å². The first kappa shape index (κ1) is 34.5. The summed E-state index contributed by atoms with van der Waals surface area (Å²) in [6.07, 6.45) is 0.671. The molecule has 0 aromatic heterocycles. The number of carbonyl (C=O) groups is 1. The van der Waals surface area contributed by atoms with Gasteiger partial charge in [-0.15, -0.1) is 0 Å². The summed E-state index contributed by atoms with van der Waals surface area (Å²) < 4.78 is 89.8. The average molecular weight is 750 g/mol. The largest absolute Gasteiger partial charge is 0.522 e. The Labute approximate surface area is 287 Å². The first-order valence-corrected chi connectivity index (χ1v) is 18.9. The third kappa shape index (κ3) is 5.96. The molecule has 3 aromatic rings. The van der Waals surface area contributed by atoms with E-state index in [0.717, 1.165) is 41.1 Å². The van der Waals surface area contributed by atoms with Gasteiger partial charge in [0.15, 0.2) is 5.69 Å². The summed E-state index contributed by atoms with van der Waals surface area (Å²) in [6.45, 7) is 2.20. The third-order valence-electron chi connectivity index (χ3n) is 9.42. The molecule has 0 unspecified atom stereocenters. The molecule has 1 amide bonds. The molecule has 0 N–H and O–H groups in total. The maximum Gasteiger partial charge on any atom is 0.522 e. The maximum atomic E-state index is 14.2. The van der Waals surface area contributed by atoms with Crippen molar-refractivity contribution < 1.29 is 35.1 Å². The standard InChI is InChI=1S/C31H31Cl3F2N3O6S2/c1-19-14-21(32)15-20-18-45-31(40)39(30(19)20,22-6-10-37(11-7-22)46(41,42)24-2-4-28(35)26(33)16-24)23-8-12-38(13-9-23)47(43,44)25-3-5-29(36)27(34)17-25/h2-5,14-17,22-23H,6-13,18H2,1H3/q+1. The number of halogens is 5. The van der Waals surface area contributed by atoms with Gasteiger partial charge in [0.1, 0.15) is 30.3 Å². The van der Waals surface area contributed by atoms with E-state index in [1.165, 1.54) is 20.7 Å². The highest BCUT2D eigenvalue weighted by molar-refractivity contribution is 7.89. The zero-order valence-electron chi connectivity index (χ0n) is 25.1. The smallest absolute Gasteiger partial charge is 0.415 e. The molecule has 252 valence electrons. The summed E-state index contributed by atoms with van der Waals surface area (Å²) in [4.78, 5) is 13.9. The Morgan fingerprint density at radius 3 is 1.62 bits per heavy atom. The summed E-state index contributed by atoms with van der Waals surface area (Å²) in [6, 6.07) is 9.25. The van der Waals surface area contributed by atoms with Gasteiger partial charge >= 0.3 is 6.09 Å². The molecular weight excluding hydrogens is 719 g/mol. The van der Waals surface area contributed by atoms with E-state index in [2.05, 4.69) is 0 Å². The van der Waals surface area contributed by atoms with Crippen molar-refractivity contribution >= 4 is 66.6 Å². The van der Waals surface area contributed by atoms with E-state index in [0.29, 0.717) is 5.02 Å². The second-order valence-electron chi connectivity index (χ2n) is 12.0. The van der Waals surface area contributed by atoms with Crippen molar-refractivity contribution in [2.75, 3.05) is 26.2 Å². The highest BCUT2D eigenvalue weighted by atomic mass is 35.5. The lowest BCUT2D eigenvalue weighted by atomic mass is 9.89. The molecule has 3 aliphatic rings. The Hall–Kier alpha value is -2.36. The molecule has 0 radical (unpaired) electrons. The van der Waals surface area contributed by atoms with Gasteiger partial charge < -0.3 is 4.74 Å². The van der Waals surface area contributed by atoms with Crippen LogP contribution in [0.1, 0.15) is 36.8 Å². The zero-order chi connectivity index (χ0) is 33.9. The third-order valence-corrected chi connectivity index (χ3v) is 14.0. The molecule has 2 saturated heterocycles. The molecule has 0 spiro atoms. The molecule has 6 rings (SSSR count). The number of rotatable bonds is 6. The second kappa shape index (κ2) is 12.8. The molecule has 0 bridgehead atoms. The number of amides is 1. The molecule has 9 nitrogen and oxygen atoms in total. The number of sulfonamides is 2. The lowest BCUT2D eigenvalue weighted by Gasteiger charge is -2.52. The van der Waals surface area contributed by atoms with E-state index in [-0.39, 0.29) is 82.8 Å². The predicted molar refractivity (Wildman–Crippen MR) is 175 cm³/mol. The van der Waals surface area contributed by atoms with E-state index < -0.39 is 49.9 Å². The Morgan fingerprint density at radius 1 is 0.745 bits per heavy atom. The van der Waals surface area contributed by atoms with Crippen molar-refractivity contribution in [3.63, 3.8) is 0 Å². The minimum absolute atomic E-state index is 0.0205.